The van der Waals surface area contributed by atoms with Crippen molar-refractivity contribution in [3.63, 3.8) is 0 Å². The molecule has 2 aliphatic carbocycles. The molecule has 6 nitrogen and oxygen atoms in total. The molecule has 2 saturated carbocycles. The highest BCUT2D eigenvalue weighted by Crippen LogP contribution is 2.37. The van der Waals surface area contributed by atoms with E-state index in [1.165, 1.54) is 7.11 Å². The predicted molar refractivity (Wildman–Crippen MR) is 71.0 cm³/mol. The molecule has 0 aromatic rings. The molecule has 112 valence electrons. The summed E-state index contributed by atoms with van der Waals surface area (Å²) in [5.74, 6) is 0.0946. The van der Waals surface area contributed by atoms with Crippen molar-refractivity contribution in [1.82, 2.24) is 10.2 Å². The minimum absolute atomic E-state index is 0.0123. The predicted octanol–water partition coefficient (Wildman–Crippen LogP) is -0.0826. The second kappa shape index (κ2) is 5.69. The minimum atomic E-state index is -0.367. The number of nitrogens with zero attached hydrogens (tertiary/aromatic N) is 1. The number of methoxy groups -OCH3 is 1. The third kappa shape index (κ3) is 2.96. The van der Waals surface area contributed by atoms with Crippen molar-refractivity contribution in [3.05, 3.63) is 0 Å². The van der Waals surface area contributed by atoms with Gasteiger partial charge in [-0.3, -0.25) is 14.5 Å². The Morgan fingerprint density at radius 3 is 2.65 bits per heavy atom. The summed E-state index contributed by atoms with van der Waals surface area (Å²) in [5.41, 5.74) is 0. The van der Waals surface area contributed by atoms with Crippen LogP contribution in [0.2, 0.25) is 0 Å². The Morgan fingerprint density at radius 2 is 2.05 bits per heavy atom. The number of morpholine rings is 1. The van der Waals surface area contributed by atoms with E-state index in [-0.39, 0.29) is 24.0 Å². The highest BCUT2D eigenvalue weighted by atomic mass is 16.5. The van der Waals surface area contributed by atoms with Crippen LogP contribution in [0.15, 0.2) is 0 Å². The van der Waals surface area contributed by atoms with Gasteiger partial charge in [-0.15, -0.1) is 0 Å². The molecule has 0 bridgehead atoms. The van der Waals surface area contributed by atoms with E-state index in [1.54, 1.807) is 0 Å². The van der Waals surface area contributed by atoms with Gasteiger partial charge in [-0.25, -0.2) is 0 Å². The van der Waals surface area contributed by atoms with Crippen molar-refractivity contribution < 1.29 is 19.1 Å². The lowest BCUT2D eigenvalue weighted by Crippen LogP contribution is -2.60. The van der Waals surface area contributed by atoms with Crippen LogP contribution in [0.5, 0.6) is 0 Å². The first kappa shape index (κ1) is 13.8. The molecule has 2 unspecified atom stereocenters. The largest absolute Gasteiger partial charge is 0.468 e. The number of nitrogens with one attached hydrogen (secondary N) is 1. The second-order valence-corrected chi connectivity index (χ2v) is 5.92. The number of hydrogen-bond acceptors (Lipinski definition) is 5. The van der Waals surface area contributed by atoms with Gasteiger partial charge in [-0.1, -0.05) is 0 Å². The number of carbonyl (C=O) groups excluding carboxylic acids is 2. The van der Waals surface area contributed by atoms with Gasteiger partial charge in [0.15, 0.2) is 0 Å². The van der Waals surface area contributed by atoms with E-state index in [9.17, 15) is 9.59 Å². The molecule has 0 aromatic heterocycles. The third-order valence-corrected chi connectivity index (χ3v) is 4.26. The standard InChI is InChI=1S/C14H22N2O4/c1-19-14(18)12(9-2-3-9)16-6-7-20-8-11(16)13(17)15-10-4-5-10/h9-12H,2-8H2,1H3,(H,15,17). The van der Waals surface area contributed by atoms with Gasteiger partial charge >= 0.3 is 5.97 Å². The summed E-state index contributed by atoms with van der Waals surface area (Å²) >= 11 is 0. The smallest absolute Gasteiger partial charge is 0.323 e. The molecule has 1 saturated heterocycles. The number of amides is 1. The molecular formula is C14H22N2O4. The average Bonchev–Trinajstić information content (AvgIpc) is 3.33. The van der Waals surface area contributed by atoms with Gasteiger partial charge in [-0.2, -0.15) is 0 Å². The molecule has 2 atom stereocenters. The molecule has 1 heterocycles. The van der Waals surface area contributed by atoms with Crippen molar-refractivity contribution in [2.24, 2.45) is 5.92 Å². The first-order valence-corrected chi connectivity index (χ1v) is 7.42. The molecule has 1 aliphatic heterocycles. The first-order valence-electron chi connectivity index (χ1n) is 7.42. The van der Waals surface area contributed by atoms with Crippen LogP contribution in [0, 0.1) is 5.92 Å². The molecule has 1 amide bonds. The lowest BCUT2D eigenvalue weighted by Gasteiger charge is -2.38. The Morgan fingerprint density at radius 1 is 1.30 bits per heavy atom. The SMILES string of the molecule is COC(=O)C(C1CC1)N1CCOCC1C(=O)NC1CC1. The van der Waals surface area contributed by atoms with Crippen LogP contribution < -0.4 is 5.32 Å². The molecule has 0 spiro atoms. The monoisotopic (exact) mass is 282 g/mol. The van der Waals surface area contributed by atoms with Crippen LogP contribution >= 0.6 is 0 Å². The number of carbonyl (C=O) groups is 2. The van der Waals surface area contributed by atoms with Crippen molar-refractivity contribution in [3.8, 4) is 0 Å². The Bertz CT molecular complexity index is 393. The second-order valence-electron chi connectivity index (χ2n) is 5.92. The van der Waals surface area contributed by atoms with Gasteiger partial charge in [0.25, 0.3) is 0 Å². The van der Waals surface area contributed by atoms with Crippen LogP contribution in [0.3, 0.4) is 0 Å². The highest BCUT2D eigenvalue weighted by molar-refractivity contribution is 5.84. The summed E-state index contributed by atoms with van der Waals surface area (Å²) in [6, 6.07) is -0.336. The van der Waals surface area contributed by atoms with Gasteiger partial charge in [0, 0.05) is 12.6 Å². The average molecular weight is 282 g/mol. The van der Waals surface area contributed by atoms with Gasteiger partial charge in [0.1, 0.15) is 12.1 Å². The Kier molecular flexibility index (Phi) is 3.94. The topological polar surface area (TPSA) is 67.9 Å². The first-order chi connectivity index (χ1) is 9.70. The summed E-state index contributed by atoms with van der Waals surface area (Å²) < 4.78 is 10.4. The normalized spacial score (nSPS) is 28.8. The zero-order valence-electron chi connectivity index (χ0n) is 11.8. The molecule has 0 radical (unpaired) electrons. The fourth-order valence-corrected chi connectivity index (χ4v) is 2.83. The molecule has 3 aliphatic rings. The number of hydrogen-bond donors (Lipinski definition) is 1. The van der Waals surface area contributed by atoms with Crippen molar-refractivity contribution >= 4 is 11.9 Å². The highest BCUT2D eigenvalue weighted by Gasteiger charge is 2.46. The molecule has 3 fully saturated rings. The quantitative estimate of drug-likeness (QED) is 0.714. The van der Waals surface area contributed by atoms with Crippen LogP contribution in [0.1, 0.15) is 25.7 Å². The van der Waals surface area contributed by atoms with Crippen molar-refractivity contribution in [1.29, 1.82) is 0 Å². The van der Waals surface area contributed by atoms with E-state index >= 15 is 0 Å². The van der Waals surface area contributed by atoms with E-state index in [1.807, 2.05) is 4.90 Å². The van der Waals surface area contributed by atoms with E-state index in [2.05, 4.69) is 5.32 Å². The summed E-state index contributed by atoms with van der Waals surface area (Å²) in [6.45, 7) is 1.53. The van der Waals surface area contributed by atoms with Gasteiger partial charge in [-0.05, 0) is 31.6 Å². The summed E-state index contributed by atoms with van der Waals surface area (Å²) in [7, 11) is 1.41. The van der Waals surface area contributed by atoms with Crippen LogP contribution in [0.4, 0.5) is 0 Å². The number of ether oxygens (including phenoxy) is 2. The molecule has 1 N–H and O–H groups in total. The minimum Gasteiger partial charge on any atom is -0.468 e. The lowest BCUT2D eigenvalue weighted by molar-refractivity contribution is -0.155. The maximum absolute atomic E-state index is 12.3. The molecule has 0 aromatic carbocycles. The zero-order valence-corrected chi connectivity index (χ0v) is 11.8. The molecular weight excluding hydrogens is 260 g/mol. The van der Waals surface area contributed by atoms with Crippen molar-refractivity contribution in [2.45, 2.75) is 43.8 Å². The van der Waals surface area contributed by atoms with Gasteiger partial charge < -0.3 is 14.8 Å². The zero-order chi connectivity index (χ0) is 14.1. The Labute approximate surface area is 118 Å². The summed E-state index contributed by atoms with van der Waals surface area (Å²) in [5, 5.41) is 3.01. The van der Waals surface area contributed by atoms with Crippen LogP contribution in [-0.4, -0.2) is 61.8 Å². The van der Waals surface area contributed by atoms with Crippen LogP contribution in [-0.2, 0) is 19.1 Å². The van der Waals surface area contributed by atoms with E-state index < -0.39 is 0 Å². The van der Waals surface area contributed by atoms with E-state index in [4.69, 9.17) is 9.47 Å². The van der Waals surface area contributed by atoms with Crippen LogP contribution in [0.25, 0.3) is 0 Å². The number of rotatable bonds is 5. The third-order valence-electron chi connectivity index (χ3n) is 4.26. The summed E-state index contributed by atoms with van der Waals surface area (Å²) in [6.07, 6.45) is 4.19. The maximum atomic E-state index is 12.3. The number of esters is 1. The molecule has 6 heteroatoms. The Hall–Kier alpha value is -1.14. The summed E-state index contributed by atoms with van der Waals surface area (Å²) in [4.78, 5) is 26.4. The Balaban J connectivity index is 1.72. The van der Waals surface area contributed by atoms with Gasteiger partial charge in [0.2, 0.25) is 5.91 Å². The maximum Gasteiger partial charge on any atom is 0.323 e. The van der Waals surface area contributed by atoms with E-state index in [0.29, 0.717) is 31.7 Å². The van der Waals surface area contributed by atoms with E-state index in [0.717, 1.165) is 25.7 Å². The molecule has 20 heavy (non-hydrogen) atoms. The van der Waals surface area contributed by atoms with Crippen molar-refractivity contribution in [2.75, 3.05) is 26.9 Å². The fraction of sp³-hybridized carbons (Fsp3) is 0.857. The van der Waals surface area contributed by atoms with Gasteiger partial charge in [0.05, 0.1) is 20.3 Å². The fourth-order valence-electron chi connectivity index (χ4n) is 2.83. The molecule has 3 rings (SSSR count). The lowest BCUT2D eigenvalue weighted by atomic mass is 10.1.